The second kappa shape index (κ2) is 6.58. The lowest BCUT2D eigenvalue weighted by Gasteiger charge is -2.26. The van der Waals surface area contributed by atoms with Crippen LogP contribution in [-0.4, -0.2) is 52.0 Å². The highest BCUT2D eigenvalue weighted by atomic mass is 32.2. The van der Waals surface area contributed by atoms with E-state index in [9.17, 15) is 19.1 Å². The molecule has 1 aromatic carbocycles. The number of nitrogens with zero attached hydrogens (tertiary/aromatic N) is 2. The first-order valence-corrected chi connectivity index (χ1v) is 7.39. The molecule has 1 unspecified atom stereocenters. The van der Waals surface area contributed by atoms with Crippen LogP contribution < -0.4 is 0 Å². The number of rotatable bonds is 4. The molecule has 0 spiro atoms. The summed E-state index contributed by atoms with van der Waals surface area (Å²) in [6.45, 7) is 1.85. The Bertz CT molecular complexity index is 542. The van der Waals surface area contributed by atoms with E-state index in [1.54, 1.807) is 11.0 Å². The summed E-state index contributed by atoms with van der Waals surface area (Å²) in [5, 5.41) is 10.9. The second-order valence-electron chi connectivity index (χ2n) is 4.21. The zero-order chi connectivity index (χ0) is 14.5. The molecule has 0 radical (unpaired) electrons. The fourth-order valence-corrected chi connectivity index (χ4v) is 3.06. The van der Waals surface area contributed by atoms with Crippen LogP contribution in [0.3, 0.4) is 0 Å². The molecule has 1 heterocycles. The third-order valence-electron chi connectivity index (χ3n) is 2.93. The number of hydrogen-bond acceptors (Lipinski definition) is 5. The fraction of sp³-hybridized carbons (Fsp3) is 0.417. The highest BCUT2D eigenvalue weighted by Crippen LogP contribution is 2.21. The van der Waals surface area contributed by atoms with Crippen LogP contribution in [0.25, 0.3) is 0 Å². The van der Waals surface area contributed by atoms with Crippen molar-refractivity contribution in [2.45, 2.75) is 4.90 Å². The van der Waals surface area contributed by atoms with Crippen molar-refractivity contribution >= 4 is 22.4 Å². The summed E-state index contributed by atoms with van der Waals surface area (Å²) >= 11 is 0. The number of morpholine rings is 1. The summed E-state index contributed by atoms with van der Waals surface area (Å²) in [6.07, 6.45) is 0. The zero-order valence-electron chi connectivity index (χ0n) is 10.7. The maximum Gasteiger partial charge on any atom is 0.285 e. The van der Waals surface area contributed by atoms with Gasteiger partial charge in [-0.05, 0) is 6.07 Å². The van der Waals surface area contributed by atoms with Crippen LogP contribution in [0.4, 0.5) is 5.69 Å². The second-order valence-corrected chi connectivity index (χ2v) is 5.63. The van der Waals surface area contributed by atoms with E-state index in [0.717, 1.165) is 0 Å². The minimum Gasteiger partial charge on any atom is -0.378 e. The minimum atomic E-state index is -1.72. The van der Waals surface area contributed by atoms with E-state index in [2.05, 4.69) is 0 Å². The molecule has 0 aliphatic carbocycles. The summed E-state index contributed by atoms with van der Waals surface area (Å²) in [5.41, 5.74) is -0.222. The molecular weight excluding hydrogens is 284 g/mol. The Kier molecular flexibility index (Phi) is 4.80. The molecule has 1 aromatic rings. The van der Waals surface area contributed by atoms with Gasteiger partial charge in [-0.3, -0.25) is 19.1 Å². The largest absolute Gasteiger partial charge is 0.378 e. The van der Waals surface area contributed by atoms with Crippen LogP contribution in [-0.2, 0) is 20.3 Å². The summed E-state index contributed by atoms with van der Waals surface area (Å²) in [7, 11) is -1.72. The van der Waals surface area contributed by atoms with Crippen LogP contribution in [0.5, 0.6) is 0 Å². The van der Waals surface area contributed by atoms with Gasteiger partial charge in [-0.2, -0.15) is 0 Å². The number of para-hydroxylation sites is 1. The van der Waals surface area contributed by atoms with Gasteiger partial charge in [-0.25, -0.2) is 0 Å². The smallest absolute Gasteiger partial charge is 0.285 e. The maximum absolute atomic E-state index is 12.2. The van der Waals surface area contributed by atoms with Crippen molar-refractivity contribution in [1.82, 2.24) is 4.90 Å². The molecule has 0 aromatic heterocycles. The molecule has 108 valence electrons. The molecule has 2 rings (SSSR count). The molecule has 0 N–H and O–H groups in total. The molecule has 8 heteroatoms. The molecule has 7 nitrogen and oxygen atoms in total. The zero-order valence-corrected chi connectivity index (χ0v) is 11.5. The SMILES string of the molecule is O=C(CS(=O)c1ccccc1[N+](=O)[O-])N1CCOCC1. The molecule has 1 atom stereocenters. The van der Waals surface area contributed by atoms with Gasteiger partial charge in [0.05, 0.1) is 28.9 Å². The first kappa shape index (κ1) is 14.6. The number of ether oxygens (including phenoxy) is 1. The highest BCUT2D eigenvalue weighted by Gasteiger charge is 2.23. The number of carbonyl (C=O) groups excluding carboxylic acids is 1. The van der Waals surface area contributed by atoms with E-state index in [0.29, 0.717) is 26.3 Å². The summed E-state index contributed by atoms with van der Waals surface area (Å²) in [5.74, 6) is -0.519. The van der Waals surface area contributed by atoms with Crippen LogP contribution in [0.2, 0.25) is 0 Å². The van der Waals surface area contributed by atoms with E-state index in [-0.39, 0.29) is 22.2 Å². The number of carbonyl (C=O) groups is 1. The third-order valence-corrected chi connectivity index (χ3v) is 4.27. The Morgan fingerprint density at radius 1 is 1.35 bits per heavy atom. The topological polar surface area (TPSA) is 89.8 Å². The molecule has 1 aliphatic rings. The number of nitro groups is 1. The third kappa shape index (κ3) is 3.40. The molecule has 1 fully saturated rings. The first-order chi connectivity index (χ1) is 9.59. The molecule has 0 saturated carbocycles. The van der Waals surface area contributed by atoms with E-state index >= 15 is 0 Å². The Hall–Kier alpha value is -1.80. The van der Waals surface area contributed by atoms with Gasteiger partial charge >= 0.3 is 0 Å². The van der Waals surface area contributed by atoms with Crippen LogP contribution in [0.15, 0.2) is 29.2 Å². The van der Waals surface area contributed by atoms with Gasteiger partial charge < -0.3 is 9.64 Å². The predicted octanol–water partition coefficient (Wildman–Crippen LogP) is 0.561. The molecule has 1 amide bonds. The van der Waals surface area contributed by atoms with Gasteiger partial charge in [0, 0.05) is 19.2 Å². The average molecular weight is 298 g/mol. The quantitative estimate of drug-likeness (QED) is 0.598. The van der Waals surface area contributed by atoms with E-state index in [1.807, 2.05) is 0 Å². The summed E-state index contributed by atoms with van der Waals surface area (Å²) < 4.78 is 17.3. The lowest BCUT2D eigenvalue weighted by atomic mass is 10.3. The van der Waals surface area contributed by atoms with Crippen molar-refractivity contribution in [3.63, 3.8) is 0 Å². The summed E-state index contributed by atoms with van der Waals surface area (Å²) in [4.78, 5) is 23.9. The van der Waals surface area contributed by atoms with Crippen molar-refractivity contribution in [3.8, 4) is 0 Å². The molecule has 1 saturated heterocycles. The molecule has 1 aliphatic heterocycles. The average Bonchev–Trinajstić information content (AvgIpc) is 2.48. The lowest BCUT2D eigenvalue weighted by Crippen LogP contribution is -2.42. The maximum atomic E-state index is 12.2. The Morgan fingerprint density at radius 3 is 2.65 bits per heavy atom. The monoisotopic (exact) mass is 298 g/mol. The van der Waals surface area contributed by atoms with Crippen LogP contribution >= 0.6 is 0 Å². The molecule has 0 bridgehead atoms. The standard InChI is InChI=1S/C12H14N2O5S/c15-12(13-5-7-19-8-6-13)9-20(18)11-4-2-1-3-10(11)14(16)17/h1-4H,5-9H2. The first-order valence-electron chi connectivity index (χ1n) is 6.07. The lowest BCUT2D eigenvalue weighted by molar-refractivity contribution is -0.387. The van der Waals surface area contributed by atoms with Gasteiger partial charge in [0.25, 0.3) is 5.69 Å². The van der Waals surface area contributed by atoms with Crippen molar-refractivity contribution < 1.29 is 18.7 Å². The van der Waals surface area contributed by atoms with Crippen LogP contribution in [0.1, 0.15) is 0 Å². The number of benzene rings is 1. The number of hydrogen-bond donors (Lipinski definition) is 0. The van der Waals surface area contributed by atoms with Gasteiger partial charge in [-0.1, -0.05) is 12.1 Å². The molecule has 20 heavy (non-hydrogen) atoms. The van der Waals surface area contributed by atoms with Crippen molar-refractivity contribution in [2.75, 3.05) is 32.1 Å². The van der Waals surface area contributed by atoms with Crippen molar-refractivity contribution in [2.24, 2.45) is 0 Å². The van der Waals surface area contributed by atoms with Gasteiger partial charge in [-0.15, -0.1) is 0 Å². The van der Waals surface area contributed by atoms with Gasteiger partial charge in [0.15, 0.2) is 0 Å². The van der Waals surface area contributed by atoms with Crippen molar-refractivity contribution in [1.29, 1.82) is 0 Å². The Balaban J connectivity index is 2.08. The van der Waals surface area contributed by atoms with Gasteiger partial charge in [0.2, 0.25) is 5.91 Å². The van der Waals surface area contributed by atoms with E-state index in [1.165, 1.54) is 18.2 Å². The summed E-state index contributed by atoms with van der Waals surface area (Å²) in [6, 6.07) is 5.77. The fourth-order valence-electron chi connectivity index (χ4n) is 1.89. The number of amides is 1. The molecular formula is C12H14N2O5S. The van der Waals surface area contributed by atoms with Crippen LogP contribution in [0, 0.1) is 10.1 Å². The minimum absolute atomic E-state index is 0.0825. The van der Waals surface area contributed by atoms with Crippen molar-refractivity contribution in [3.05, 3.63) is 34.4 Å². The number of nitro benzene ring substituents is 1. The Morgan fingerprint density at radius 2 is 2.00 bits per heavy atom. The predicted molar refractivity (Wildman–Crippen MR) is 71.8 cm³/mol. The van der Waals surface area contributed by atoms with E-state index < -0.39 is 15.7 Å². The normalized spacial score (nSPS) is 16.7. The van der Waals surface area contributed by atoms with E-state index in [4.69, 9.17) is 4.74 Å². The Labute approximate surface area is 118 Å². The van der Waals surface area contributed by atoms with Gasteiger partial charge in [0.1, 0.15) is 10.6 Å². The highest BCUT2D eigenvalue weighted by molar-refractivity contribution is 7.86.